The number of aliphatic hydroxyl groups excluding tert-OH is 2. The van der Waals surface area contributed by atoms with E-state index >= 15 is 0 Å². The van der Waals surface area contributed by atoms with Crippen molar-refractivity contribution in [1.82, 2.24) is 10.2 Å². The number of piperazine rings is 1. The van der Waals surface area contributed by atoms with Crippen LogP contribution >= 0.6 is 0 Å². The number of nitrogens with zero attached hydrogens (tertiary/aromatic N) is 2. The van der Waals surface area contributed by atoms with Crippen molar-refractivity contribution >= 4 is 17.5 Å². The van der Waals surface area contributed by atoms with Gasteiger partial charge in [0, 0.05) is 42.6 Å². The maximum Gasteiger partial charge on any atom is 0.278 e. The lowest BCUT2D eigenvalue weighted by Crippen LogP contribution is -2.56. The van der Waals surface area contributed by atoms with Gasteiger partial charge in [0.25, 0.3) is 11.8 Å². The Morgan fingerprint density at radius 2 is 1.72 bits per heavy atom. The highest BCUT2D eigenvalue weighted by Gasteiger charge is 2.46. The monoisotopic (exact) mass is 509 g/mol. The predicted octanol–water partition coefficient (Wildman–Crippen LogP) is 2.14. The molecule has 0 aliphatic carbocycles. The molecule has 13 heteroatoms. The molecule has 0 saturated carbocycles. The van der Waals surface area contributed by atoms with Crippen molar-refractivity contribution in [2.75, 3.05) is 18.1 Å². The van der Waals surface area contributed by atoms with Crippen LogP contribution in [-0.2, 0) is 16.1 Å². The molecule has 2 aromatic carbocycles. The van der Waals surface area contributed by atoms with Gasteiger partial charge in [-0.05, 0) is 0 Å². The first-order chi connectivity index (χ1) is 17.1. The van der Waals surface area contributed by atoms with Gasteiger partial charge in [-0.2, -0.15) is 0 Å². The van der Waals surface area contributed by atoms with Crippen LogP contribution in [0.2, 0.25) is 0 Å². The standard InChI is InChI=1S/C23H16F5N3O5/c24-9-1-13(25)11(14(26)2-9)5-29-22(34)12-7-30-10-6-31(23(35)19(30)21(33)20(12)32)17-3-15(27)16(28)4-18(17)36-8-10/h1-4,7,10,20,32-33H,5-6,8H2,(H,29,34). The average molecular weight is 509 g/mol. The zero-order valence-electron chi connectivity index (χ0n) is 18.1. The quantitative estimate of drug-likeness (QED) is 0.549. The van der Waals surface area contributed by atoms with Crippen molar-refractivity contribution in [3.63, 3.8) is 0 Å². The van der Waals surface area contributed by atoms with Crippen LogP contribution in [0.5, 0.6) is 5.75 Å². The molecule has 2 aromatic rings. The van der Waals surface area contributed by atoms with Crippen molar-refractivity contribution < 1.29 is 46.5 Å². The van der Waals surface area contributed by atoms with Crippen LogP contribution < -0.4 is 15.0 Å². The van der Waals surface area contributed by atoms with Gasteiger partial charge < -0.3 is 30.1 Å². The fourth-order valence-electron chi connectivity index (χ4n) is 4.28. The van der Waals surface area contributed by atoms with Gasteiger partial charge in [-0.3, -0.25) is 9.59 Å². The molecular weight excluding hydrogens is 493 g/mol. The Bertz CT molecular complexity index is 1360. The zero-order chi connectivity index (χ0) is 25.9. The number of carbonyl (C=O) groups excluding carboxylic acids is 2. The third-order valence-electron chi connectivity index (χ3n) is 6.08. The van der Waals surface area contributed by atoms with Crippen LogP contribution in [-0.4, -0.2) is 52.2 Å². The second-order valence-electron chi connectivity index (χ2n) is 8.27. The third-order valence-corrected chi connectivity index (χ3v) is 6.08. The minimum absolute atomic E-state index is 0.0771. The highest BCUT2D eigenvalue weighted by atomic mass is 19.2. The number of fused-ring (bicyclic) bond motifs is 6. The Labute approximate surface area is 199 Å². The molecule has 188 valence electrons. The van der Waals surface area contributed by atoms with Gasteiger partial charge >= 0.3 is 0 Å². The summed E-state index contributed by atoms with van der Waals surface area (Å²) in [5, 5.41) is 23.4. The molecule has 2 bridgehead atoms. The van der Waals surface area contributed by atoms with Gasteiger partial charge in [0.05, 0.1) is 23.8 Å². The molecule has 1 saturated heterocycles. The van der Waals surface area contributed by atoms with E-state index in [2.05, 4.69) is 5.32 Å². The van der Waals surface area contributed by atoms with Gasteiger partial charge in [-0.1, -0.05) is 0 Å². The molecule has 2 atom stereocenters. The molecule has 0 radical (unpaired) electrons. The Kier molecular flexibility index (Phi) is 5.58. The van der Waals surface area contributed by atoms with Crippen LogP contribution in [0.1, 0.15) is 5.56 Å². The van der Waals surface area contributed by atoms with E-state index in [0.29, 0.717) is 12.1 Å². The lowest BCUT2D eigenvalue weighted by atomic mass is 9.97. The van der Waals surface area contributed by atoms with Crippen LogP contribution in [0.15, 0.2) is 47.5 Å². The number of hydrogen-bond donors (Lipinski definition) is 3. The summed E-state index contributed by atoms with van der Waals surface area (Å²) in [4.78, 5) is 28.2. The second-order valence-corrected chi connectivity index (χ2v) is 8.27. The molecule has 3 heterocycles. The molecular formula is C23H16F5N3O5. The predicted molar refractivity (Wildman–Crippen MR) is 112 cm³/mol. The second kappa shape index (κ2) is 8.52. The first-order valence-electron chi connectivity index (χ1n) is 10.5. The van der Waals surface area contributed by atoms with Gasteiger partial charge in [0.1, 0.15) is 41.6 Å². The van der Waals surface area contributed by atoms with E-state index in [1.807, 2.05) is 0 Å². The number of rotatable bonds is 3. The number of carbonyl (C=O) groups is 2. The van der Waals surface area contributed by atoms with E-state index in [4.69, 9.17) is 4.74 Å². The number of amides is 2. The summed E-state index contributed by atoms with van der Waals surface area (Å²) in [6, 6.07) is 1.68. The summed E-state index contributed by atoms with van der Waals surface area (Å²) in [6.45, 7) is -0.975. The van der Waals surface area contributed by atoms with Crippen molar-refractivity contribution in [2.45, 2.75) is 18.7 Å². The first-order valence-corrected chi connectivity index (χ1v) is 10.5. The van der Waals surface area contributed by atoms with E-state index in [0.717, 1.165) is 23.2 Å². The van der Waals surface area contributed by atoms with Crippen LogP contribution in [0.3, 0.4) is 0 Å². The highest BCUT2D eigenvalue weighted by molar-refractivity contribution is 6.08. The number of aliphatic hydroxyl groups is 2. The van der Waals surface area contributed by atoms with Crippen molar-refractivity contribution in [2.24, 2.45) is 0 Å². The summed E-state index contributed by atoms with van der Waals surface area (Å²) in [7, 11) is 0. The summed E-state index contributed by atoms with van der Waals surface area (Å²) in [5.74, 6) is -8.94. The summed E-state index contributed by atoms with van der Waals surface area (Å²) >= 11 is 0. The van der Waals surface area contributed by atoms with Gasteiger partial charge in [0.15, 0.2) is 17.4 Å². The van der Waals surface area contributed by atoms with E-state index in [9.17, 15) is 41.8 Å². The summed E-state index contributed by atoms with van der Waals surface area (Å²) in [6.07, 6.45) is -0.915. The molecule has 0 aromatic heterocycles. The van der Waals surface area contributed by atoms with Gasteiger partial charge in [-0.15, -0.1) is 0 Å². The molecule has 1 fully saturated rings. The number of halogens is 5. The lowest BCUT2D eigenvalue weighted by Gasteiger charge is -2.42. The maximum atomic E-state index is 13.9. The van der Waals surface area contributed by atoms with E-state index in [1.165, 1.54) is 4.90 Å². The van der Waals surface area contributed by atoms with Crippen molar-refractivity contribution in [3.8, 4) is 5.75 Å². The number of hydrogen-bond acceptors (Lipinski definition) is 6. The summed E-state index contributed by atoms with van der Waals surface area (Å²) < 4.78 is 74.0. The zero-order valence-corrected chi connectivity index (χ0v) is 18.1. The van der Waals surface area contributed by atoms with Crippen LogP contribution in [0.25, 0.3) is 0 Å². The Hall–Kier alpha value is -4.13. The van der Waals surface area contributed by atoms with Crippen molar-refractivity contribution in [1.29, 1.82) is 0 Å². The Morgan fingerprint density at radius 3 is 2.42 bits per heavy atom. The highest BCUT2D eigenvalue weighted by Crippen LogP contribution is 2.40. The number of benzene rings is 2. The Morgan fingerprint density at radius 1 is 1.06 bits per heavy atom. The molecule has 2 amide bonds. The smallest absolute Gasteiger partial charge is 0.278 e. The number of ether oxygens (including phenoxy) is 1. The fourth-order valence-corrected chi connectivity index (χ4v) is 4.28. The van der Waals surface area contributed by atoms with E-state index in [1.54, 1.807) is 0 Å². The van der Waals surface area contributed by atoms with E-state index < -0.39 is 82.2 Å². The molecule has 5 rings (SSSR count). The van der Waals surface area contributed by atoms with Crippen LogP contribution in [0, 0.1) is 29.1 Å². The number of anilines is 1. The third kappa shape index (κ3) is 3.71. The SMILES string of the molecule is O=C(NCc1c(F)cc(F)cc1F)C1=CN2C(=C(O)C1O)C(=O)N1CC2COc2cc(F)c(F)cc21. The fraction of sp³-hybridized carbons (Fsp3) is 0.217. The molecule has 2 unspecified atom stereocenters. The van der Waals surface area contributed by atoms with Crippen LogP contribution in [0.4, 0.5) is 27.6 Å². The van der Waals surface area contributed by atoms with Gasteiger partial charge in [0.2, 0.25) is 0 Å². The number of nitrogens with one attached hydrogen (secondary N) is 1. The topological polar surface area (TPSA) is 102 Å². The van der Waals surface area contributed by atoms with E-state index in [-0.39, 0.29) is 24.6 Å². The van der Waals surface area contributed by atoms with Crippen molar-refractivity contribution in [3.05, 3.63) is 82.1 Å². The summed E-state index contributed by atoms with van der Waals surface area (Å²) in [5.41, 5.74) is -1.58. The minimum atomic E-state index is -1.99. The molecule has 3 N–H and O–H groups in total. The lowest BCUT2D eigenvalue weighted by molar-refractivity contribution is -0.121. The van der Waals surface area contributed by atoms with Gasteiger partial charge in [-0.25, -0.2) is 22.0 Å². The first kappa shape index (κ1) is 23.6. The molecule has 3 aliphatic rings. The average Bonchev–Trinajstić information content (AvgIpc) is 2.97. The molecule has 36 heavy (non-hydrogen) atoms. The molecule has 0 spiro atoms. The molecule has 8 nitrogen and oxygen atoms in total. The Balaban J connectivity index is 1.44. The normalized spacial score (nSPS) is 20.8. The maximum absolute atomic E-state index is 13.9. The largest absolute Gasteiger partial charge is 0.507 e. The molecule has 3 aliphatic heterocycles. The minimum Gasteiger partial charge on any atom is -0.507 e.